The number of nitrogens with one attached hydrogen (secondary N) is 2. The highest BCUT2D eigenvalue weighted by molar-refractivity contribution is 5.99. The average Bonchev–Trinajstić information content (AvgIpc) is 3.14. The Morgan fingerprint density at radius 1 is 1.26 bits per heavy atom. The molecular weight excluding hydrogens is 402 g/mol. The van der Waals surface area contributed by atoms with Crippen LogP contribution in [0.25, 0.3) is 10.8 Å². The van der Waals surface area contributed by atoms with E-state index in [0.717, 1.165) is 20.9 Å². The molecule has 2 heterocycles. The monoisotopic (exact) mass is 425 g/mol. The molecule has 1 aromatic heterocycles. The zero-order valence-electron chi connectivity index (χ0n) is 16.8. The number of H-pyrrole nitrogens is 1. The Labute approximate surface area is 176 Å². The topological polar surface area (TPSA) is 134 Å². The molecule has 1 aliphatic heterocycles. The summed E-state index contributed by atoms with van der Waals surface area (Å²) in [4.78, 5) is 39.6. The highest BCUT2D eigenvalue weighted by Gasteiger charge is 2.35. The third-order valence-corrected chi connectivity index (χ3v) is 5.60. The Kier molecular flexibility index (Phi) is 5.73. The van der Waals surface area contributed by atoms with Crippen LogP contribution in [0.5, 0.6) is 0 Å². The first-order valence-electron chi connectivity index (χ1n) is 9.97. The Morgan fingerprint density at radius 3 is 2.74 bits per heavy atom. The van der Waals surface area contributed by atoms with Crippen molar-refractivity contribution in [2.75, 3.05) is 11.9 Å². The second-order valence-electron chi connectivity index (χ2n) is 7.60. The van der Waals surface area contributed by atoms with E-state index in [1.807, 2.05) is 42.5 Å². The number of aliphatic hydroxyl groups excluding tert-OH is 2. The van der Waals surface area contributed by atoms with Crippen LogP contribution >= 0.6 is 0 Å². The average molecular weight is 425 g/mol. The Bertz CT molecular complexity index is 1230. The molecule has 0 spiro atoms. The zero-order valence-corrected chi connectivity index (χ0v) is 16.8. The minimum Gasteiger partial charge on any atom is -0.394 e. The lowest BCUT2D eigenvalue weighted by atomic mass is 9.94. The SMILES string of the molecule is CC(C(=O)Nc1cn([C@@H]2CC(O)[C@H](CO)O2)c(=O)[nH]c1=O)c1cccc2ccccc12. The molecule has 162 valence electrons. The summed E-state index contributed by atoms with van der Waals surface area (Å²) < 4.78 is 6.58. The number of benzene rings is 2. The highest BCUT2D eigenvalue weighted by Crippen LogP contribution is 2.28. The number of aromatic amines is 1. The lowest BCUT2D eigenvalue weighted by molar-refractivity contribution is -0.117. The minimum atomic E-state index is -0.946. The van der Waals surface area contributed by atoms with Gasteiger partial charge in [0.05, 0.1) is 18.6 Å². The summed E-state index contributed by atoms with van der Waals surface area (Å²) in [6, 6.07) is 13.4. The van der Waals surface area contributed by atoms with Crippen molar-refractivity contribution < 1.29 is 19.7 Å². The molecule has 2 unspecified atom stereocenters. The molecule has 1 aliphatic rings. The van der Waals surface area contributed by atoms with Crippen LogP contribution < -0.4 is 16.6 Å². The van der Waals surface area contributed by atoms with Gasteiger partial charge < -0.3 is 20.3 Å². The molecule has 0 aliphatic carbocycles. The van der Waals surface area contributed by atoms with Crippen LogP contribution in [0.2, 0.25) is 0 Å². The molecule has 1 saturated heterocycles. The standard InChI is InChI=1S/C22H23N3O6/c1-12(14-8-4-6-13-5-2-3-7-15(13)14)20(28)23-16-10-25(22(30)24-21(16)29)19-9-17(27)18(11-26)31-19/h2-8,10,12,17-19,26-27H,9,11H2,1H3,(H,23,28)(H,24,29,30)/t12?,17?,18-,19-/m0/s1. The number of rotatable bonds is 5. The van der Waals surface area contributed by atoms with E-state index in [9.17, 15) is 24.6 Å². The largest absolute Gasteiger partial charge is 0.394 e. The number of fused-ring (bicyclic) bond motifs is 1. The number of carbonyl (C=O) groups excluding carboxylic acids is 1. The van der Waals surface area contributed by atoms with Crippen molar-refractivity contribution >= 4 is 22.4 Å². The Balaban J connectivity index is 1.61. The number of ether oxygens (including phenoxy) is 1. The highest BCUT2D eigenvalue weighted by atomic mass is 16.5. The molecule has 9 heteroatoms. The third kappa shape index (κ3) is 4.02. The van der Waals surface area contributed by atoms with Crippen LogP contribution in [0.15, 0.2) is 58.3 Å². The van der Waals surface area contributed by atoms with Gasteiger partial charge >= 0.3 is 5.69 Å². The lowest BCUT2D eigenvalue weighted by Gasteiger charge is -2.17. The summed E-state index contributed by atoms with van der Waals surface area (Å²) in [5.41, 5.74) is -0.770. The number of anilines is 1. The summed E-state index contributed by atoms with van der Waals surface area (Å²) >= 11 is 0. The molecule has 0 radical (unpaired) electrons. The molecule has 4 rings (SSSR count). The van der Waals surface area contributed by atoms with Gasteiger partial charge in [-0.3, -0.25) is 19.1 Å². The summed E-state index contributed by atoms with van der Waals surface area (Å²) in [6.07, 6.45) is -1.38. The normalized spacial score (nSPS) is 21.8. The van der Waals surface area contributed by atoms with Gasteiger partial charge in [-0.25, -0.2) is 4.79 Å². The maximum atomic E-state index is 12.9. The lowest BCUT2D eigenvalue weighted by Crippen LogP contribution is -2.35. The number of aromatic nitrogens is 2. The summed E-state index contributed by atoms with van der Waals surface area (Å²) in [5, 5.41) is 23.7. The minimum absolute atomic E-state index is 0.0664. The van der Waals surface area contributed by atoms with Crippen LogP contribution in [0.1, 0.15) is 31.1 Å². The van der Waals surface area contributed by atoms with Gasteiger partial charge in [-0.1, -0.05) is 42.5 Å². The van der Waals surface area contributed by atoms with Crippen molar-refractivity contribution in [3.63, 3.8) is 0 Å². The molecule has 1 fully saturated rings. The molecule has 1 amide bonds. The fraction of sp³-hybridized carbons (Fsp3) is 0.318. The number of nitrogens with zero attached hydrogens (tertiary/aromatic N) is 1. The number of hydrogen-bond acceptors (Lipinski definition) is 6. The number of aliphatic hydroxyl groups is 2. The smallest absolute Gasteiger partial charge is 0.330 e. The van der Waals surface area contributed by atoms with Crippen molar-refractivity contribution in [3.8, 4) is 0 Å². The van der Waals surface area contributed by atoms with Gasteiger partial charge in [0, 0.05) is 12.6 Å². The van der Waals surface area contributed by atoms with Gasteiger partial charge in [0.2, 0.25) is 5.91 Å². The van der Waals surface area contributed by atoms with E-state index in [0.29, 0.717) is 0 Å². The number of amides is 1. The summed E-state index contributed by atoms with van der Waals surface area (Å²) in [5.74, 6) is -0.970. The second kappa shape index (κ2) is 8.46. The van der Waals surface area contributed by atoms with E-state index < -0.39 is 48.1 Å². The molecule has 0 saturated carbocycles. The fourth-order valence-electron chi connectivity index (χ4n) is 3.85. The van der Waals surface area contributed by atoms with Crippen molar-refractivity contribution in [1.29, 1.82) is 0 Å². The molecule has 4 atom stereocenters. The van der Waals surface area contributed by atoms with Crippen LogP contribution in [0.4, 0.5) is 5.69 Å². The van der Waals surface area contributed by atoms with Crippen molar-refractivity contribution in [1.82, 2.24) is 9.55 Å². The molecule has 4 N–H and O–H groups in total. The molecule has 31 heavy (non-hydrogen) atoms. The van der Waals surface area contributed by atoms with Gasteiger partial charge in [0.25, 0.3) is 5.56 Å². The molecule has 9 nitrogen and oxygen atoms in total. The maximum absolute atomic E-state index is 12.9. The predicted octanol–water partition coefficient (Wildman–Crippen LogP) is 1.07. The first-order chi connectivity index (χ1) is 14.9. The van der Waals surface area contributed by atoms with Crippen molar-refractivity contribution in [2.45, 2.75) is 37.7 Å². The van der Waals surface area contributed by atoms with Crippen LogP contribution in [0.3, 0.4) is 0 Å². The second-order valence-corrected chi connectivity index (χ2v) is 7.60. The summed E-state index contributed by atoms with van der Waals surface area (Å²) in [7, 11) is 0. The fourth-order valence-corrected chi connectivity index (χ4v) is 3.85. The Morgan fingerprint density at radius 2 is 2.00 bits per heavy atom. The van der Waals surface area contributed by atoms with E-state index in [4.69, 9.17) is 4.74 Å². The third-order valence-electron chi connectivity index (χ3n) is 5.60. The van der Waals surface area contributed by atoms with Crippen molar-refractivity contribution in [3.05, 3.63) is 75.1 Å². The van der Waals surface area contributed by atoms with Gasteiger partial charge in [0.1, 0.15) is 18.0 Å². The van der Waals surface area contributed by atoms with E-state index in [1.165, 1.54) is 6.20 Å². The molecular formula is C22H23N3O6. The number of carbonyl (C=O) groups is 1. The number of hydrogen-bond donors (Lipinski definition) is 4. The summed E-state index contributed by atoms with van der Waals surface area (Å²) in [6.45, 7) is 1.34. The molecule has 0 bridgehead atoms. The van der Waals surface area contributed by atoms with E-state index >= 15 is 0 Å². The van der Waals surface area contributed by atoms with Crippen LogP contribution in [-0.4, -0.2) is 44.5 Å². The molecule has 2 aromatic carbocycles. The van der Waals surface area contributed by atoms with Crippen LogP contribution in [0, 0.1) is 0 Å². The van der Waals surface area contributed by atoms with Gasteiger partial charge in [-0.2, -0.15) is 0 Å². The molecule has 3 aromatic rings. The van der Waals surface area contributed by atoms with E-state index in [-0.39, 0.29) is 12.1 Å². The van der Waals surface area contributed by atoms with Crippen LogP contribution in [-0.2, 0) is 9.53 Å². The predicted molar refractivity (Wildman–Crippen MR) is 114 cm³/mol. The first kappa shape index (κ1) is 21.0. The quantitative estimate of drug-likeness (QED) is 0.483. The van der Waals surface area contributed by atoms with Gasteiger partial charge in [0.15, 0.2) is 0 Å². The maximum Gasteiger partial charge on any atom is 0.330 e. The zero-order chi connectivity index (χ0) is 22.1. The van der Waals surface area contributed by atoms with Crippen molar-refractivity contribution in [2.24, 2.45) is 0 Å². The van der Waals surface area contributed by atoms with E-state index in [1.54, 1.807) is 6.92 Å². The Hall–Kier alpha value is -3.27. The van der Waals surface area contributed by atoms with E-state index in [2.05, 4.69) is 10.3 Å². The van der Waals surface area contributed by atoms with Gasteiger partial charge in [-0.05, 0) is 23.3 Å². The first-order valence-corrected chi connectivity index (χ1v) is 9.97. The van der Waals surface area contributed by atoms with Gasteiger partial charge in [-0.15, -0.1) is 0 Å².